The number of hydrogen-bond acceptors (Lipinski definition) is 6. The molecule has 34 heavy (non-hydrogen) atoms. The second-order valence-corrected chi connectivity index (χ2v) is 8.28. The summed E-state index contributed by atoms with van der Waals surface area (Å²) in [7, 11) is 1.87. The summed E-state index contributed by atoms with van der Waals surface area (Å²) in [6.07, 6.45) is 1.49. The topological polar surface area (TPSA) is 88.7 Å². The van der Waals surface area contributed by atoms with Gasteiger partial charge in [-0.05, 0) is 18.2 Å². The quantitative estimate of drug-likeness (QED) is 0.362. The zero-order valence-electron chi connectivity index (χ0n) is 18.2. The van der Waals surface area contributed by atoms with Crippen molar-refractivity contribution >= 4 is 34.6 Å². The number of carbonyl (C=O) groups excluding carboxylic acids is 2. The van der Waals surface area contributed by atoms with Crippen molar-refractivity contribution in [2.75, 3.05) is 5.32 Å². The number of fused-ring (bicyclic) bond motifs is 1. The summed E-state index contributed by atoms with van der Waals surface area (Å²) in [5, 5.41) is 11.6. The molecular formula is C26H19N5O2S. The first-order valence-electron chi connectivity index (χ1n) is 10.5. The lowest BCUT2D eigenvalue weighted by Crippen LogP contribution is -2.26. The number of carbonyl (C=O) groups is 2. The van der Waals surface area contributed by atoms with Crippen molar-refractivity contribution in [1.82, 2.24) is 8.94 Å². The highest BCUT2D eigenvalue weighted by atomic mass is 32.1. The summed E-state index contributed by atoms with van der Waals surface area (Å²) in [6, 6.07) is 25.9. The Morgan fingerprint density at radius 1 is 0.882 bits per heavy atom. The zero-order chi connectivity index (χ0) is 23.5. The summed E-state index contributed by atoms with van der Waals surface area (Å²) < 4.78 is 6.36. The van der Waals surface area contributed by atoms with Crippen molar-refractivity contribution in [2.24, 2.45) is 17.3 Å². The van der Waals surface area contributed by atoms with Crippen LogP contribution < -0.4 is 10.1 Å². The van der Waals surface area contributed by atoms with Crippen LogP contribution in [-0.4, -0.2) is 26.3 Å². The van der Waals surface area contributed by atoms with Crippen molar-refractivity contribution in [3.63, 3.8) is 0 Å². The molecule has 1 heterocycles. The molecule has 1 aliphatic rings. The first kappa shape index (κ1) is 21.4. The monoisotopic (exact) mass is 465 g/mol. The molecule has 7 nitrogen and oxygen atoms in total. The lowest BCUT2D eigenvalue weighted by Gasteiger charge is -2.16. The van der Waals surface area contributed by atoms with Crippen LogP contribution in [0.15, 0.2) is 107 Å². The number of anilines is 1. The van der Waals surface area contributed by atoms with E-state index in [0.29, 0.717) is 27.3 Å². The Balaban J connectivity index is 1.55. The van der Waals surface area contributed by atoms with Crippen LogP contribution >= 0.6 is 11.5 Å². The van der Waals surface area contributed by atoms with E-state index in [1.54, 1.807) is 30.3 Å². The largest absolute Gasteiger partial charge is 0.322 e. The number of hydrogen-bond donors (Lipinski definition) is 1. The molecule has 3 aromatic carbocycles. The number of amides is 1. The second kappa shape index (κ2) is 9.21. The molecule has 0 unspecified atom stereocenters. The van der Waals surface area contributed by atoms with Crippen LogP contribution in [0.25, 0.3) is 11.4 Å². The summed E-state index contributed by atoms with van der Waals surface area (Å²) >= 11 is 1.22. The van der Waals surface area contributed by atoms with Crippen molar-refractivity contribution in [3.8, 4) is 11.4 Å². The van der Waals surface area contributed by atoms with Gasteiger partial charge in [0.05, 0.1) is 11.3 Å². The number of rotatable bonds is 4. The first-order chi connectivity index (χ1) is 16.6. The third-order valence-electron chi connectivity index (χ3n) is 5.34. The molecule has 1 amide bonds. The van der Waals surface area contributed by atoms with Crippen LogP contribution in [0.2, 0.25) is 0 Å². The molecule has 1 N–H and O–H groups in total. The Morgan fingerprint density at radius 2 is 1.53 bits per heavy atom. The van der Waals surface area contributed by atoms with E-state index in [4.69, 9.17) is 0 Å². The Bertz CT molecular complexity index is 1520. The number of nitrogens with zero attached hydrogens (tertiary/aromatic N) is 4. The predicted molar refractivity (Wildman–Crippen MR) is 133 cm³/mol. The van der Waals surface area contributed by atoms with Crippen molar-refractivity contribution in [2.45, 2.75) is 0 Å². The summed E-state index contributed by atoms with van der Waals surface area (Å²) in [5.41, 5.74) is 3.06. The van der Waals surface area contributed by atoms with Crippen LogP contribution in [0.4, 0.5) is 5.69 Å². The maximum atomic E-state index is 13.1. The van der Waals surface area contributed by atoms with Crippen LogP contribution in [0.3, 0.4) is 0 Å². The zero-order valence-corrected chi connectivity index (χ0v) is 19.0. The molecule has 0 saturated heterocycles. The molecular weight excluding hydrogens is 446 g/mol. The number of para-hydroxylation sites is 1. The molecule has 0 fully saturated rings. The number of aromatic nitrogens is 2. The lowest BCUT2D eigenvalue weighted by molar-refractivity contribution is -0.112. The fraction of sp³-hybridized carbons (Fsp3) is 0.0385. The highest BCUT2D eigenvalue weighted by Gasteiger charge is 2.28. The Labute approximate surface area is 199 Å². The normalized spacial score (nSPS) is 14.6. The molecule has 0 spiro atoms. The molecule has 1 aliphatic carbocycles. The van der Waals surface area contributed by atoms with E-state index < -0.39 is 5.91 Å². The van der Waals surface area contributed by atoms with E-state index in [-0.39, 0.29) is 11.4 Å². The van der Waals surface area contributed by atoms with Crippen molar-refractivity contribution < 1.29 is 9.59 Å². The molecule has 4 aromatic rings. The van der Waals surface area contributed by atoms with Gasteiger partial charge >= 0.3 is 0 Å². The van der Waals surface area contributed by atoms with Crippen molar-refractivity contribution in [3.05, 3.63) is 113 Å². The number of Topliss-reactive ketones (excluding diaryl/α,β-unsaturated/α-hetero) is 1. The van der Waals surface area contributed by atoms with Crippen LogP contribution in [0.1, 0.15) is 15.9 Å². The fourth-order valence-electron chi connectivity index (χ4n) is 3.61. The van der Waals surface area contributed by atoms with Gasteiger partial charge in [-0.15, -0.1) is 10.2 Å². The average Bonchev–Trinajstić information content (AvgIpc) is 3.25. The highest BCUT2D eigenvalue weighted by molar-refractivity contribution is 7.03. The number of allylic oxidation sites excluding steroid dienone is 1. The van der Waals surface area contributed by atoms with E-state index in [1.807, 2.05) is 66.2 Å². The molecule has 0 bridgehead atoms. The van der Waals surface area contributed by atoms with Gasteiger partial charge in [-0.25, -0.2) is 0 Å². The summed E-state index contributed by atoms with van der Waals surface area (Å²) in [6.45, 7) is 0. The van der Waals surface area contributed by atoms with Crippen LogP contribution in [0.5, 0.6) is 0 Å². The Hall–Kier alpha value is -4.43. The van der Waals surface area contributed by atoms with Gasteiger partial charge in [0.15, 0.2) is 11.6 Å². The van der Waals surface area contributed by atoms with Gasteiger partial charge in [0.25, 0.3) is 5.91 Å². The number of benzene rings is 3. The summed E-state index contributed by atoms with van der Waals surface area (Å²) in [4.78, 5) is 26.6. The Morgan fingerprint density at radius 3 is 2.26 bits per heavy atom. The molecule has 0 atom stereocenters. The third kappa shape index (κ3) is 4.14. The summed E-state index contributed by atoms with van der Waals surface area (Å²) in [5.74, 6) is -0.0620. The van der Waals surface area contributed by atoms with E-state index in [0.717, 1.165) is 11.4 Å². The first-order valence-corrected chi connectivity index (χ1v) is 11.3. The number of ketones is 1. The second-order valence-electron chi connectivity index (χ2n) is 7.55. The van der Waals surface area contributed by atoms with E-state index in [2.05, 4.69) is 19.9 Å². The van der Waals surface area contributed by atoms with Gasteiger partial charge in [0.2, 0.25) is 4.80 Å². The molecule has 0 saturated carbocycles. The van der Waals surface area contributed by atoms with E-state index in [1.165, 1.54) is 17.6 Å². The SMILES string of the molecule is Cn1c(-c2ccccc2)nsc1=NN=C1C=C(C(=O)Nc2ccccc2)C(=O)c2ccccc21. The third-order valence-corrected chi connectivity index (χ3v) is 6.13. The predicted octanol–water partition coefficient (Wildman–Crippen LogP) is 4.22. The molecule has 1 aromatic heterocycles. The minimum Gasteiger partial charge on any atom is -0.322 e. The van der Waals surface area contributed by atoms with Crippen molar-refractivity contribution in [1.29, 1.82) is 0 Å². The van der Waals surface area contributed by atoms with Crippen LogP contribution in [0, 0.1) is 0 Å². The van der Waals surface area contributed by atoms with Gasteiger partial charge in [-0.1, -0.05) is 72.8 Å². The maximum Gasteiger partial charge on any atom is 0.259 e. The minimum absolute atomic E-state index is 0.00940. The van der Waals surface area contributed by atoms with E-state index >= 15 is 0 Å². The molecule has 8 heteroatoms. The fourth-order valence-corrected chi connectivity index (χ4v) is 4.30. The van der Waals surface area contributed by atoms with Crippen LogP contribution in [-0.2, 0) is 11.8 Å². The average molecular weight is 466 g/mol. The maximum absolute atomic E-state index is 13.1. The number of nitrogens with one attached hydrogen (secondary N) is 1. The Kier molecular flexibility index (Phi) is 5.80. The minimum atomic E-state index is -0.492. The molecule has 166 valence electrons. The van der Waals surface area contributed by atoms with Gasteiger partial charge in [-0.2, -0.15) is 4.37 Å². The molecule has 0 radical (unpaired) electrons. The molecule has 0 aliphatic heterocycles. The van der Waals surface area contributed by atoms with Gasteiger partial charge in [0.1, 0.15) is 0 Å². The van der Waals surface area contributed by atoms with Gasteiger partial charge < -0.3 is 9.88 Å². The van der Waals surface area contributed by atoms with E-state index in [9.17, 15) is 9.59 Å². The lowest BCUT2D eigenvalue weighted by atomic mass is 9.88. The van der Waals surface area contributed by atoms with Gasteiger partial charge in [-0.3, -0.25) is 9.59 Å². The standard InChI is InChI=1S/C26H19N5O2S/c1-31-24(17-10-4-2-5-11-17)30-34-26(31)29-28-22-16-21(23(32)20-15-9-8-14-19(20)22)25(33)27-18-12-6-3-7-13-18/h2-16H,1H3,(H,27,33). The highest BCUT2D eigenvalue weighted by Crippen LogP contribution is 2.23. The molecule has 5 rings (SSSR count). The van der Waals surface area contributed by atoms with Gasteiger partial charge in [0, 0.05) is 41.0 Å². The smallest absolute Gasteiger partial charge is 0.259 e.